The van der Waals surface area contributed by atoms with Gasteiger partial charge in [-0.2, -0.15) is 0 Å². The van der Waals surface area contributed by atoms with Crippen molar-refractivity contribution in [1.29, 1.82) is 0 Å². The molecule has 2 heterocycles. The molecule has 0 bridgehead atoms. The summed E-state index contributed by atoms with van der Waals surface area (Å²) in [4.78, 5) is 4.16. The number of hydrogen-bond donors (Lipinski definition) is 1. The Morgan fingerprint density at radius 2 is 1.84 bits per heavy atom. The average Bonchev–Trinajstić information content (AvgIpc) is 3.08. The molecule has 3 rings (SSSR count). The summed E-state index contributed by atoms with van der Waals surface area (Å²) >= 11 is 0. The van der Waals surface area contributed by atoms with Crippen molar-refractivity contribution in [3.05, 3.63) is 36.4 Å². The fourth-order valence-electron chi connectivity index (χ4n) is 3.15. The molecule has 0 spiro atoms. The second kappa shape index (κ2) is 8.35. The normalized spacial score (nSPS) is 12.2. The number of imidazole rings is 1. The van der Waals surface area contributed by atoms with Gasteiger partial charge in [0.2, 0.25) is 10.0 Å². The maximum Gasteiger partial charge on any atom is 0.232 e. The molecule has 2 aromatic heterocycles. The summed E-state index contributed by atoms with van der Waals surface area (Å²) in [6.45, 7) is 1.71. The topological polar surface area (TPSA) is 116 Å². The highest BCUT2D eigenvalue weighted by molar-refractivity contribution is 7.92. The van der Waals surface area contributed by atoms with Crippen LogP contribution in [0.3, 0.4) is 0 Å². The lowest BCUT2D eigenvalue weighted by Crippen LogP contribution is -2.17. The van der Waals surface area contributed by atoms with Crippen LogP contribution in [0.4, 0.5) is 10.1 Å². The molecule has 1 N–H and O–H groups in total. The van der Waals surface area contributed by atoms with Gasteiger partial charge >= 0.3 is 0 Å². The molecule has 0 aliphatic heterocycles. The third kappa shape index (κ3) is 4.59. The lowest BCUT2D eigenvalue weighted by atomic mass is 10.1. The van der Waals surface area contributed by atoms with Gasteiger partial charge in [-0.1, -0.05) is 6.92 Å². The second-order valence-electron chi connectivity index (χ2n) is 6.81. The molecule has 0 atom stereocenters. The number of hydrogen-bond acceptors (Lipinski definition) is 7. The molecule has 31 heavy (non-hydrogen) atoms. The van der Waals surface area contributed by atoms with Crippen molar-refractivity contribution < 1.29 is 30.7 Å². The lowest BCUT2D eigenvalue weighted by molar-refractivity contribution is 0.389. The van der Waals surface area contributed by atoms with Crippen molar-refractivity contribution >= 4 is 31.2 Å². The number of halogens is 1. The number of benzene rings is 1. The zero-order valence-electron chi connectivity index (χ0n) is 17.3. The van der Waals surface area contributed by atoms with E-state index >= 15 is 0 Å². The Kier molecular flexibility index (Phi) is 6.14. The molecule has 12 heteroatoms. The minimum atomic E-state index is -3.71. The number of fused-ring (bicyclic) bond motifs is 1. The number of rotatable bonds is 8. The lowest BCUT2D eigenvalue weighted by Gasteiger charge is -2.14. The van der Waals surface area contributed by atoms with E-state index in [1.807, 2.05) is 0 Å². The van der Waals surface area contributed by atoms with Crippen molar-refractivity contribution in [1.82, 2.24) is 9.38 Å². The summed E-state index contributed by atoms with van der Waals surface area (Å²) in [5, 5.41) is 0. The summed E-state index contributed by atoms with van der Waals surface area (Å²) in [7, 11) is -4.77. The van der Waals surface area contributed by atoms with Crippen molar-refractivity contribution in [2.24, 2.45) is 0 Å². The first-order chi connectivity index (χ1) is 14.5. The number of methoxy groups -OCH3 is 2. The molecule has 9 nitrogen and oxygen atoms in total. The Bertz CT molecular complexity index is 1350. The molecule has 1 aromatic carbocycles. The first kappa shape index (κ1) is 22.8. The van der Waals surface area contributed by atoms with Crippen LogP contribution >= 0.6 is 0 Å². The van der Waals surface area contributed by atoms with Crippen molar-refractivity contribution in [3.8, 4) is 22.8 Å². The predicted octanol–water partition coefficient (Wildman–Crippen LogP) is 2.71. The summed E-state index contributed by atoms with van der Waals surface area (Å²) < 4.78 is 77.5. The minimum absolute atomic E-state index is 0.0698. The molecular formula is C19H22FN3O6S2. The van der Waals surface area contributed by atoms with Crippen LogP contribution in [0.5, 0.6) is 11.5 Å². The number of ether oxygens (including phenoxy) is 2. The molecule has 0 unspecified atom stereocenters. The van der Waals surface area contributed by atoms with Crippen LogP contribution in [-0.4, -0.2) is 52.4 Å². The van der Waals surface area contributed by atoms with Gasteiger partial charge < -0.3 is 9.47 Å². The number of nitrogens with zero attached hydrogens (tertiary/aromatic N) is 2. The maximum atomic E-state index is 14.7. The Balaban J connectivity index is 2.23. The van der Waals surface area contributed by atoms with Crippen molar-refractivity contribution in [2.75, 3.05) is 31.0 Å². The quantitative estimate of drug-likeness (QED) is 0.537. The van der Waals surface area contributed by atoms with Gasteiger partial charge in [0.25, 0.3) is 0 Å². The predicted molar refractivity (Wildman–Crippen MR) is 115 cm³/mol. The standard InChI is InChI=1S/C19H22FN3O6S2/c1-5-6-31(26,27)22-14-8-12(7-13(20)19(14)29-3)15-10-21-18-9-16(28-2)17(11-23(15)18)30(4,24)25/h7-11,22H,5-6H2,1-4H3. The Hall–Kier alpha value is -2.86. The molecule has 3 aromatic rings. The van der Waals surface area contributed by atoms with E-state index in [0.29, 0.717) is 17.8 Å². The van der Waals surface area contributed by atoms with Gasteiger partial charge in [-0.25, -0.2) is 26.2 Å². The number of sulfone groups is 1. The fourth-order valence-corrected chi connectivity index (χ4v) is 5.08. The smallest absolute Gasteiger partial charge is 0.232 e. The molecule has 0 radical (unpaired) electrons. The van der Waals surface area contributed by atoms with Gasteiger partial charge in [-0.3, -0.25) is 9.12 Å². The molecule has 168 valence electrons. The number of nitrogens with one attached hydrogen (secondary N) is 1. The number of sulfonamides is 1. The van der Waals surface area contributed by atoms with Gasteiger partial charge in [0, 0.05) is 24.1 Å². The van der Waals surface area contributed by atoms with Crippen molar-refractivity contribution in [3.63, 3.8) is 0 Å². The van der Waals surface area contributed by atoms with Crippen molar-refractivity contribution in [2.45, 2.75) is 18.2 Å². The van der Waals surface area contributed by atoms with E-state index in [9.17, 15) is 21.2 Å². The van der Waals surface area contributed by atoms with Gasteiger partial charge in [0.05, 0.1) is 37.6 Å². The SMILES string of the molecule is CCCS(=O)(=O)Nc1cc(-c2cnc3cc(OC)c(S(C)(=O)=O)cn23)cc(F)c1OC. The number of pyridine rings is 1. The molecule has 0 aliphatic rings. The Labute approximate surface area is 179 Å². The minimum Gasteiger partial charge on any atom is -0.495 e. The van der Waals surface area contributed by atoms with Gasteiger partial charge in [-0.15, -0.1) is 0 Å². The molecule has 0 saturated heterocycles. The van der Waals surface area contributed by atoms with Gasteiger partial charge in [0.15, 0.2) is 21.4 Å². The highest BCUT2D eigenvalue weighted by Crippen LogP contribution is 2.36. The van der Waals surface area contributed by atoms with E-state index in [1.54, 1.807) is 6.92 Å². The highest BCUT2D eigenvalue weighted by Gasteiger charge is 2.21. The van der Waals surface area contributed by atoms with E-state index in [2.05, 4.69) is 9.71 Å². The van der Waals surface area contributed by atoms with Crippen LogP contribution in [0.1, 0.15) is 13.3 Å². The molecule has 0 fully saturated rings. The highest BCUT2D eigenvalue weighted by atomic mass is 32.2. The molecule has 0 amide bonds. The zero-order chi connectivity index (χ0) is 23.0. The number of anilines is 1. The first-order valence-electron chi connectivity index (χ1n) is 9.14. The van der Waals surface area contributed by atoms with E-state index in [0.717, 1.165) is 12.3 Å². The largest absolute Gasteiger partial charge is 0.495 e. The second-order valence-corrected chi connectivity index (χ2v) is 10.6. The third-order valence-corrected chi connectivity index (χ3v) is 7.06. The monoisotopic (exact) mass is 471 g/mol. The average molecular weight is 472 g/mol. The summed E-state index contributed by atoms with van der Waals surface area (Å²) in [6.07, 6.45) is 4.17. The summed E-state index contributed by atoms with van der Waals surface area (Å²) in [6, 6.07) is 4.01. The van der Waals surface area contributed by atoms with E-state index in [-0.39, 0.29) is 33.4 Å². The fraction of sp³-hybridized carbons (Fsp3) is 0.316. The molecule has 0 saturated carbocycles. The van der Waals surface area contributed by atoms with E-state index < -0.39 is 25.7 Å². The zero-order valence-corrected chi connectivity index (χ0v) is 19.0. The van der Waals surface area contributed by atoms with Crippen LogP contribution in [0.25, 0.3) is 16.9 Å². The van der Waals surface area contributed by atoms with Gasteiger partial charge in [-0.05, 0) is 18.6 Å². The Morgan fingerprint density at radius 1 is 1.13 bits per heavy atom. The van der Waals surface area contributed by atoms with Gasteiger partial charge in [0.1, 0.15) is 16.3 Å². The summed E-state index contributed by atoms with van der Waals surface area (Å²) in [5.74, 6) is -1.06. The first-order valence-corrected chi connectivity index (χ1v) is 12.7. The maximum absolute atomic E-state index is 14.7. The number of aromatic nitrogens is 2. The van der Waals surface area contributed by atoms with Crippen LogP contribution in [0.15, 0.2) is 35.5 Å². The van der Waals surface area contributed by atoms with Crippen LogP contribution in [-0.2, 0) is 19.9 Å². The third-order valence-electron chi connectivity index (χ3n) is 4.48. The summed E-state index contributed by atoms with van der Waals surface area (Å²) in [5.41, 5.74) is 0.908. The van der Waals surface area contributed by atoms with E-state index in [4.69, 9.17) is 9.47 Å². The Morgan fingerprint density at radius 3 is 2.42 bits per heavy atom. The van der Waals surface area contributed by atoms with Crippen LogP contribution in [0, 0.1) is 5.82 Å². The van der Waals surface area contributed by atoms with Crippen LogP contribution in [0.2, 0.25) is 0 Å². The molecule has 0 aliphatic carbocycles. The van der Waals surface area contributed by atoms with Crippen LogP contribution < -0.4 is 14.2 Å². The van der Waals surface area contributed by atoms with E-state index in [1.165, 1.54) is 43.1 Å². The molecular weight excluding hydrogens is 449 g/mol.